The number of hydrogen-bond donors (Lipinski definition) is 0. The second kappa shape index (κ2) is 8.10. The quantitative estimate of drug-likeness (QED) is 0.481. The van der Waals surface area contributed by atoms with Crippen molar-refractivity contribution in [3.8, 4) is 5.88 Å². The van der Waals surface area contributed by atoms with Crippen LogP contribution in [-0.2, 0) is 11.0 Å². The summed E-state index contributed by atoms with van der Waals surface area (Å²) in [5, 5.41) is 10.4. The van der Waals surface area contributed by atoms with E-state index in [1.165, 1.54) is 12.1 Å². The summed E-state index contributed by atoms with van der Waals surface area (Å²) in [6.07, 6.45) is -2.64. The molecule has 1 aliphatic rings. The maximum absolute atomic E-state index is 13.2. The summed E-state index contributed by atoms with van der Waals surface area (Å²) in [7, 11) is 1.37. The average Bonchev–Trinajstić information content (AvgIpc) is 3.09. The normalized spacial score (nSPS) is 17.9. The lowest BCUT2D eigenvalue weighted by Crippen LogP contribution is -2.37. The van der Waals surface area contributed by atoms with Crippen molar-refractivity contribution in [1.29, 1.82) is 0 Å². The molecule has 1 atom stereocenters. The molecule has 0 radical (unpaired) electrons. The van der Waals surface area contributed by atoms with E-state index in [2.05, 4.69) is 26.1 Å². The predicted octanol–water partition coefficient (Wildman–Crippen LogP) is 4.11. The number of pyridine rings is 1. The second-order valence-electron chi connectivity index (χ2n) is 6.62. The number of nitrogens with zero attached hydrogens (tertiary/aromatic N) is 4. The third kappa shape index (κ3) is 4.01. The average molecular weight is 461 g/mol. The van der Waals surface area contributed by atoms with Crippen molar-refractivity contribution < 1.29 is 22.7 Å². The SMILES string of the molecule is COc1ccc(C2=NN(CCCCBr)C(=O)CC2C)c2cc(C(F)(F)F)nn12. The van der Waals surface area contributed by atoms with Crippen molar-refractivity contribution in [3.05, 3.63) is 29.5 Å². The van der Waals surface area contributed by atoms with Crippen molar-refractivity contribution >= 4 is 33.1 Å². The summed E-state index contributed by atoms with van der Waals surface area (Å²) < 4.78 is 45.9. The van der Waals surface area contributed by atoms with Crippen LogP contribution in [0.3, 0.4) is 0 Å². The third-order valence-electron chi connectivity index (χ3n) is 4.58. The van der Waals surface area contributed by atoms with E-state index in [1.807, 2.05) is 6.92 Å². The molecule has 0 N–H and O–H groups in total. The zero-order valence-corrected chi connectivity index (χ0v) is 17.0. The lowest BCUT2D eigenvalue weighted by molar-refractivity contribution is -0.141. The lowest BCUT2D eigenvalue weighted by Gasteiger charge is -2.28. The third-order valence-corrected chi connectivity index (χ3v) is 5.14. The van der Waals surface area contributed by atoms with Crippen LogP contribution in [0.25, 0.3) is 5.52 Å². The molecule has 6 nitrogen and oxygen atoms in total. The first-order valence-electron chi connectivity index (χ1n) is 8.85. The molecule has 1 aliphatic heterocycles. The van der Waals surface area contributed by atoms with E-state index in [-0.39, 0.29) is 29.6 Å². The van der Waals surface area contributed by atoms with Gasteiger partial charge in [-0.2, -0.15) is 27.9 Å². The number of amides is 1. The van der Waals surface area contributed by atoms with E-state index >= 15 is 0 Å². The summed E-state index contributed by atoms with van der Waals surface area (Å²) in [6, 6.07) is 4.20. The molecule has 0 aromatic carbocycles. The van der Waals surface area contributed by atoms with Gasteiger partial charge in [0.2, 0.25) is 11.8 Å². The summed E-state index contributed by atoms with van der Waals surface area (Å²) in [5.74, 6) is -0.121. The molecular formula is C18H20BrF3N4O2. The van der Waals surface area contributed by atoms with E-state index in [9.17, 15) is 18.0 Å². The predicted molar refractivity (Wildman–Crippen MR) is 102 cm³/mol. The topological polar surface area (TPSA) is 59.2 Å². The fraction of sp³-hybridized carbons (Fsp3) is 0.500. The first kappa shape index (κ1) is 20.6. The van der Waals surface area contributed by atoms with Gasteiger partial charge in [0.05, 0.1) is 18.3 Å². The van der Waals surface area contributed by atoms with Crippen LogP contribution in [0.4, 0.5) is 13.2 Å². The van der Waals surface area contributed by atoms with Gasteiger partial charge in [0, 0.05) is 35.8 Å². The van der Waals surface area contributed by atoms with Crippen molar-refractivity contribution in [2.45, 2.75) is 32.4 Å². The summed E-state index contributed by atoms with van der Waals surface area (Å²) in [5.41, 5.74) is 0.314. The van der Waals surface area contributed by atoms with Gasteiger partial charge < -0.3 is 4.74 Å². The molecule has 3 heterocycles. The van der Waals surface area contributed by atoms with E-state index in [1.54, 1.807) is 12.1 Å². The van der Waals surface area contributed by atoms with Crippen LogP contribution in [0.15, 0.2) is 23.3 Å². The zero-order chi connectivity index (χ0) is 20.5. The number of hydrogen-bond acceptors (Lipinski definition) is 4. The fourth-order valence-electron chi connectivity index (χ4n) is 3.16. The monoisotopic (exact) mass is 460 g/mol. The van der Waals surface area contributed by atoms with Gasteiger partial charge >= 0.3 is 6.18 Å². The van der Waals surface area contributed by atoms with E-state index in [0.717, 1.165) is 28.8 Å². The Balaban J connectivity index is 2.09. The molecule has 0 bridgehead atoms. The van der Waals surface area contributed by atoms with Crippen LogP contribution in [-0.4, -0.2) is 45.2 Å². The number of methoxy groups -OCH3 is 1. The van der Waals surface area contributed by atoms with Crippen molar-refractivity contribution in [1.82, 2.24) is 14.6 Å². The molecule has 1 unspecified atom stereocenters. The van der Waals surface area contributed by atoms with Gasteiger partial charge in [0.1, 0.15) is 0 Å². The van der Waals surface area contributed by atoms with Crippen LogP contribution < -0.4 is 4.74 Å². The molecule has 0 saturated heterocycles. The van der Waals surface area contributed by atoms with Crippen LogP contribution in [0.2, 0.25) is 0 Å². The number of aromatic nitrogens is 2. The first-order chi connectivity index (χ1) is 13.3. The van der Waals surface area contributed by atoms with Crippen LogP contribution in [0, 0.1) is 5.92 Å². The molecule has 0 aliphatic carbocycles. The maximum atomic E-state index is 13.2. The summed E-state index contributed by atoms with van der Waals surface area (Å²) in [4.78, 5) is 12.3. The van der Waals surface area contributed by atoms with E-state index in [0.29, 0.717) is 17.8 Å². The van der Waals surface area contributed by atoms with Crippen molar-refractivity contribution in [2.75, 3.05) is 19.0 Å². The number of alkyl halides is 4. The number of carbonyl (C=O) groups excluding carboxylic acids is 1. The van der Waals surface area contributed by atoms with Gasteiger partial charge in [-0.1, -0.05) is 22.9 Å². The molecule has 0 fully saturated rings. The van der Waals surface area contributed by atoms with Gasteiger partial charge in [-0.25, -0.2) is 5.01 Å². The number of carbonyl (C=O) groups is 1. The molecule has 2 aromatic heterocycles. The number of halogens is 4. The highest BCUT2D eigenvalue weighted by Crippen LogP contribution is 2.33. The van der Waals surface area contributed by atoms with E-state index in [4.69, 9.17) is 4.74 Å². The Labute approximate surface area is 168 Å². The van der Waals surface area contributed by atoms with E-state index < -0.39 is 11.9 Å². The van der Waals surface area contributed by atoms with Gasteiger partial charge in [-0.3, -0.25) is 4.79 Å². The molecular weight excluding hydrogens is 441 g/mol. The minimum absolute atomic E-state index is 0.0835. The molecule has 152 valence electrons. The zero-order valence-electron chi connectivity index (χ0n) is 15.5. The minimum Gasteiger partial charge on any atom is -0.481 e. The number of fused-ring (bicyclic) bond motifs is 1. The summed E-state index contributed by atoms with van der Waals surface area (Å²) in [6.45, 7) is 2.31. The van der Waals surface area contributed by atoms with Crippen molar-refractivity contribution in [2.24, 2.45) is 11.0 Å². The highest BCUT2D eigenvalue weighted by Gasteiger charge is 2.36. The molecule has 1 amide bonds. The fourth-order valence-corrected chi connectivity index (χ4v) is 3.56. The van der Waals surface area contributed by atoms with Gasteiger partial charge in [-0.15, -0.1) is 0 Å². The number of unbranched alkanes of at least 4 members (excludes halogenated alkanes) is 1. The van der Waals surface area contributed by atoms with Crippen LogP contribution in [0.1, 0.15) is 37.4 Å². The highest BCUT2D eigenvalue weighted by atomic mass is 79.9. The second-order valence-corrected chi connectivity index (χ2v) is 7.41. The van der Waals surface area contributed by atoms with Crippen LogP contribution in [0.5, 0.6) is 5.88 Å². The first-order valence-corrected chi connectivity index (χ1v) is 9.97. The Kier molecular flexibility index (Phi) is 5.97. The molecule has 28 heavy (non-hydrogen) atoms. The molecule has 2 aromatic rings. The number of hydrazone groups is 1. The molecule has 10 heteroatoms. The molecule has 0 spiro atoms. The van der Waals surface area contributed by atoms with Gasteiger partial charge in [0.15, 0.2) is 5.69 Å². The maximum Gasteiger partial charge on any atom is 0.435 e. The summed E-state index contributed by atoms with van der Waals surface area (Å²) >= 11 is 3.35. The lowest BCUT2D eigenvalue weighted by atomic mass is 9.93. The Bertz CT molecular complexity index is 910. The number of rotatable bonds is 6. The Morgan fingerprint density at radius 3 is 2.71 bits per heavy atom. The molecule has 0 saturated carbocycles. The Morgan fingerprint density at radius 1 is 1.32 bits per heavy atom. The largest absolute Gasteiger partial charge is 0.481 e. The van der Waals surface area contributed by atoms with Gasteiger partial charge in [0.25, 0.3) is 0 Å². The molecule has 3 rings (SSSR count). The van der Waals surface area contributed by atoms with Gasteiger partial charge in [-0.05, 0) is 25.0 Å². The minimum atomic E-state index is -4.58. The number of ether oxygens (including phenoxy) is 1. The Hall–Kier alpha value is -2.10. The van der Waals surface area contributed by atoms with Crippen molar-refractivity contribution in [3.63, 3.8) is 0 Å². The highest BCUT2D eigenvalue weighted by molar-refractivity contribution is 9.09. The smallest absolute Gasteiger partial charge is 0.435 e. The Morgan fingerprint density at radius 2 is 2.07 bits per heavy atom. The van der Waals surface area contributed by atoms with Crippen LogP contribution >= 0.6 is 15.9 Å². The standard InChI is InChI=1S/C18H20BrF3N4O2/c1-11-9-15(27)25(8-4-3-7-19)24-17(11)12-5-6-16(28-2)26-13(12)10-14(23-26)18(20,21)22/h5-6,10-11H,3-4,7-9H2,1-2H3.